The van der Waals surface area contributed by atoms with Crippen LogP contribution < -0.4 is 26.6 Å². The third-order valence-electron chi connectivity index (χ3n) is 16.2. The molecule has 1 saturated heterocycles. The zero-order valence-corrected chi connectivity index (χ0v) is 51.4. The highest BCUT2D eigenvalue weighted by molar-refractivity contribution is 6.74. The van der Waals surface area contributed by atoms with Crippen molar-refractivity contribution in [3.05, 3.63) is 123 Å². The minimum absolute atomic E-state index is 0.0161. The van der Waals surface area contributed by atoms with Gasteiger partial charge in [0.05, 0.1) is 13.7 Å². The van der Waals surface area contributed by atoms with E-state index in [0.717, 1.165) is 49.5 Å². The Morgan fingerprint density at radius 1 is 0.709 bits per heavy atom. The summed E-state index contributed by atoms with van der Waals surface area (Å²) in [6, 6.07) is 23.3. The van der Waals surface area contributed by atoms with Gasteiger partial charge in [0.2, 0.25) is 5.91 Å². The molecule has 1 unspecified atom stereocenters. The van der Waals surface area contributed by atoms with E-state index >= 15 is 0 Å². The summed E-state index contributed by atoms with van der Waals surface area (Å²) >= 11 is 0. The number of carbonyl (C=O) groups is 3. The number of methoxy groups -OCH3 is 1. The van der Waals surface area contributed by atoms with Gasteiger partial charge in [-0.1, -0.05) is 141 Å². The van der Waals surface area contributed by atoms with Gasteiger partial charge >= 0.3 is 17.8 Å². The molecule has 1 aliphatic heterocycles. The standard InChI is InChI=1S/C61H90N4O12Si2/c1-59(2,3)75-56(69)50(63-48(66)31-21-19-17-15-16-18-20-26-37-62-57(70)73-40-47-45-29-24-22-27-43(45)44-28-23-25-30-46(44)47)51(68)52-53(76-78(11,12)60(4,5)6)54(77-79(13,14)61(7,8)9)55(74-52)64-38-36-49(67)65(58(64)71)39-41-32-34-42(72-10)35-33-41/h22-25,27-30,32-36,38,47,50-55,68H,15-21,26,31,37,39-40H2,1-14H3,(H,62,70)(H,63,66)/t50-,51+,52?,53+,54+,55+/m0/s1. The number of rotatable bonds is 25. The van der Waals surface area contributed by atoms with Crippen LogP contribution in [0.3, 0.4) is 0 Å². The van der Waals surface area contributed by atoms with Crippen molar-refractivity contribution in [2.24, 2.45) is 0 Å². The second-order valence-electron chi connectivity index (χ2n) is 25.4. The van der Waals surface area contributed by atoms with E-state index in [-0.39, 0.29) is 35.6 Å². The summed E-state index contributed by atoms with van der Waals surface area (Å²) in [7, 11) is -3.97. The van der Waals surface area contributed by atoms with Crippen molar-refractivity contribution in [1.82, 2.24) is 19.8 Å². The number of aromatic nitrogens is 2. The number of fused-ring (bicyclic) bond motifs is 3. The molecule has 2 heterocycles. The van der Waals surface area contributed by atoms with Crippen LogP contribution in [0.25, 0.3) is 11.1 Å². The second kappa shape index (κ2) is 26.5. The Kier molecular flexibility index (Phi) is 21.1. The van der Waals surface area contributed by atoms with Gasteiger partial charge in [-0.3, -0.25) is 18.7 Å². The highest BCUT2D eigenvalue weighted by atomic mass is 28.4. The Balaban J connectivity index is 1.09. The predicted octanol–water partition coefficient (Wildman–Crippen LogP) is 11.0. The van der Waals surface area contributed by atoms with Crippen LogP contribution in [-0.4, -0.2) is 105 Å². The van der Waals surface area contributed by atoms with E-state index in [0.29, 0.717) is 24.3 Å². The number of ether oxygens (including phenoxy) is 4. The fraction of sp³-hybridized carbons (Fsp3) is 0.590. The van der Waals surface area contributed by atoms with E-state index in [9.17, 15) is 29.1 Å². The van der Waals surface area contributed by atoms with Crippen LogP contribution in [0.1, 0.15) is 149 Å². The first-order valence-corrected chi connectivity index (χ1v) is 34.1. The van der Waals surface area contributed by atoms with E-state index in [1.54, 1.807) is 52.1 Å². The molecule has 0 spiro atoms. The maximum absolute atomic E-state index is 14.7. The van der Waals surface area contributed by atoms with E-state index < -0.39 is 88.1 Å². The summed E-state index contributed by atoms with van der Waals surface area (Å²) in [5, 5.41) is 17.8. The average Bonchev–Trinajstić information content (AvgIpc) is 4.15. The first-order chi connectivity index (χ1) is 37.0. The minimum Gasteiger partial charge on any atom is -0.497 e. The molecule has 3 aromatic carbocycles. The van der Waals surface area contributed by atoms with E-state index in [4.69, 9.17) is 27.8 Å². The lowest BCUT2D eigenvalue weighted by Gasteiger charge is -2.44. The zero-order valence-electron chi connectivity index (χ0n) is 49.4. The van der Waals surface area contributed by atoms with Crippen LogP contribution >= 0.6 is 0 Å². The number of hydrogen-bond acceptors (Lipinski definition) is 12. The first-order valence-electron chi connectivity index (χ1n) is 28.3. The molecule has 18 heteroatoms. The summed E-state index contributed by atoms with van der Waals surface area (Å²) < 4.78 is 40.6. The topological polar surface area (TPSA) is 195 Å². The number of alkyl carbamates (subject to hydrolysis) is 1. The number of benzene rings is 3. The van der Waals surface area contributed by atoms with Crippen LogP contribution in [-0.2, 0) is 39.2 Å². The van der Waals surface area contributed by atoms with E-state index in [1.165, 1.54) is 39.1 Å². The molecule has 0 saturated carbocycles. The number of amides is 2. The third-order valence-corrected chi connectivity index (χ3v) is 25.1. The quantitative estimate of drug-likeness (QED) is 0.0323. The van der Waals surface area contributed by atoms with Crippen molar-refractivity contribution in [3.8, 4) is 16.9 Å². The Morgan fingerprint density at radius 2 is 1.24 bits per heavy atom. The summed E-state index contributed by atoms with van der Waals surface area (Å²) in [4.78, 5) is 68.9. The van der Waals surface area contributed by atoms with Crippen LogP contribution in [0.15, 0.2) is 94.6 Å². The zero-order chi connectivity index (χ0) is 58.1. The lowest BCUT2D eigenvalue weighted by molar-refractivity contribution is -0.167. The summed E-state index contributed by atoms with van der Waals surface area (Å²) in [5.41, 5.74) is 3.26. The van der Waals surface area contributed by atoms with Crippen molar-refractivity contribution in [2.45, 2.75) is 211 Å². The van der Waals surface area contributed by atoms with Crippen molar-refractivity contribution >= 4 is 34.6 Å². The van der Waals surface area contributed by atoms with Crippen molar-refractivity contribution < 1.29 is 47.3 Å². The highest BCUT2D eigenvalue weighted by Crippen LogP contribution is 2.47. The number of nitrogens with zero attached hydrogens (tertiary/aromatic N) is 2. The third kappa shape index (κ3) is 16.2. The first kappa shape index (κ1) is 62.8. The van der Waals surface area contributed by atoms with Crippen molar-refractivity contribution in [1.29, 1.82) is 0 Å². The largest absolute Gasteiger partial charge is 0.497 e. The molecular weight excluding hydrogens is 1040 g/mol. The van der Waals surface area contributed by atoms with Gasteiger partial charge in [0, 0.05) is 31.1 Å². The molecule has 16 nitrogen and oxygen atoms in total. The molecule has 0 radical (unpaired) electrons. The Bertz CT molecular complexity index is 2760. The molecule has 6 rings (SSSR count). The molecule has 434 valence electrons. The lowest BCUT2D eigenvalue weighted by Crippen LogP contribution is -2.60. The smallest absolute Gasteiger partial charge is 0.407 e. The van der Waals surface area contributed by atoms with Gasteiger partial charge in [0.15, 0.2) is 28.9 Å². The van der Waals surface area contributed by atoms with Crippen LogP contribution in [0.4, 0.5) is 4.79 Å². The highest BCUT2D eigenvalue weighted by Gasteiger charge is 2.58. The molecule has 3 N–H and O–H groups in total. The molecule has 6 atom stereocenters. The maximum atomic E-state index is 14.7. The van der Waals surface area contributed by atoms with Gasteiger partial charge < -0.3 is 43.5 Å². The predicted molar refractivity (Wildman–Crippen MR) is 314 cm³/mol. The van der Waals surface area contributed by atoms with Crippen molar-refractivity contribution in [2.75, 3.05) is 20.3 Å². The number of aliphatic hydroxyl groups excluding tert-OH is 1. The van der Waals surface area contributed by atoms with Crippen molar-refractivity contribution in [3.63, 3.8) is 0 Å². The van der Waals surface area contributed by atoms with Crippen LogP contribution in [0.2, 0.25) is 36.3 Å². The molecule has 2 amide bonds. The molecule has 2 aliphatic rings. The number of hydrogen-bond donors (Lipinski definition) is 3. The summed E-state index contributed by atoms with van der Waals surface area (Å²) in [6.07, 6.45) is 1.78. The molecule has 1 fully saturated rings. The fourth-order valence-electron chi connectivity index (χ4n) is 9.64. The number of nitrogens with one attached hydrogen (secondary N) is 2. The fourth-order valence-corrected chi connectivity index (χ4v) is 12.2. The van der Waals surface area contributed by atoms with Gasteiger partial charge in [0.1, 0.15) is 42.4 Å². The number of carbonyl (C=O) groups excluding carboxylic acids is 3. The van der Waals surface area contributed by atoms with Crippen LogP contribution in [0.5, 0.6) is 5.75 Å². The molecule has 79 heavy (non-hydrogen) atoms. The summed E-state index contributed by atoms with van der Waals surface area (Å²) in [6.45, 7) is 26.7. The van der Waals surface area contributed by atoms with E-state index in [2.05, 4.69) is 103 Å². The Morgan fingerprint density at radius 3 is 1.78 bits per heavy atom. The number of aliphatic hydroxyl groups is 1. The molecule has 1 aliphatic carbocycles. The summed E-state index contributed by atoms with van der Waals surface area (Å²) in [5.74, 6) is -0.652. The minimum atomic E-state index is -2.78. The van der Waals surface area contributed by atoms with Gasteiger partial charge in [-0.25, -0.2) is 14.4 Å². The van der Waals surface area contributed by atoms with Gasteiger partial charge in [-0.2, -0.15) is 0 Å². The average molecular weight is 1130 g/mol. The molecular formula is C61H90N4O12Si2. The molecule has 1 aromatic heterocycles. The molecule has 4 aromatic rings. The lowest BCUT2D eigenvalue weighted by atomic mass is 9.98. The van der Waals surface area contributed by atoms with Gasteiger partial charge in [-0.05, 0) is 110 Å². The monoisotopic (exact) mass is 1130 g/mol. The van der Waals surface area contributed by atoms with Gasteiger partial charge in [-0.15, -0.1) is 0 Å². The normalized spacial score (nSPS) is 18.6. The molecule has 0 bridgehead atoms. The van der Waals surface area contributed by atoms with Gasteiger partial charge in [0.25, 0.3) is 5.56 Å². The Hall–Kier alpha value is -5.38. The number of esters is 1. The second-order valence-corrected chi connectivity index (χ2v) is 34.9. The van der Waals surface area contributed by atoms with E-state index in [1.807, 2.05) is 24.3 Å². The van der Waals surface area contributed by atoms with Crippen LogP contribution in [0, 0.1) is 0 Å². The Labute approximate surface area is 470 Å². The number of unbranched alkanes of at least 4 members (excludes halogenated alkanes) is 7. The SMILES string of the molecule is COc1ccc(Cn2c(=O)ccn([C@@H]3OC([C@H](O)[C@H](NC(=O)CCCCCCCCCCNC(=O)OCC4c5ccccc5-c5ccccc54)C(=O)OC(C)(C)C)[C@@H](O[Si](C)(C)C(C)(C)C)[C@H]3O[Si](C)(C)C(C)(C)C)c2=O)cc1. The maximum Gasteiger partial charge on any atom is 0.407 e.